The quantitative estimate of drug-likeness (QED) is 0.109. The number of halogens is 4. The minimum absolute atomic E-state index is 0.000382. The van der Waals surface area contributed by atoms with E-state index in [9.17, 15) is 13.2 Å². The van der Waals surface area contributed by atoms with Crippen molar-refractivity contribution in [2.24, 2.45) is 0 Å². The highest BCUT2D eigenvalue weighted by atomic mass is 19.2. The topological polar surface area (TPSA) is 0 Å². The summed E-state index contributed by atoms with van der Waals surface area (Å²) in [4.78, 5) is 0. The van der Waals surface area contributed by atoms with E-state index in [1.807, 2.05) is 12.1 Å². The summed E-state index contributed by atoms with van der Waals surface area (Å²) in [5, 5.41) is 0.904. The van der Waals surface area contributed by atoms with Gasteiger partial charge in [0, 0.05) is 22.1 Å². The zero-order chi connectivity index (χ0) is 24.8. The third-order valence-electron chi connectivity index (χ3n) is 6.12. The number of rotatable bonds is 7. The van der Waals surface area contributed by atoms with E-state index in [1.165, 1.54) is 43.7 Å². The molecule has 4 aromatic carbocycles. The molecule has 0 aliphatic carbocycles. The Bertz CT molecular complexity index is 1370. The summed E-state index contributed by atoms with van der Waals surface area (Å²) >= 11 is 0. The van der Waals surface area contributed by atoms with Crippen molar-refractivity contribution < 1.29 is 17.6 Å². The lowest BCUT2D eigenvalue weighted by atomic mass is 9.98. The van der Waals surface area contributed by atoms with E-state index < -0.39 is 23.3 Å². The Morgan fingerprint density at radius 1 is 0.629 bits per heavy atom. The van der Waals surface area contributed by atoms with Crippen LogP contribution in [-0.4, -0.2) is 0 Å². The van der Waals surface area contributed by atoms with Crippen LogP contribution in [-0.2, 0) is 6.42 Å². The molecule has 0 aromatic heterocycles. The highest BCUT2D eigenvalue weighted by molar-refractivity contribution is 5.89. The summed E-state index contributed by atoms with van der Waals surface area (Å²) < 4.78 is 55.6. The fourth-order valence-corrected chi connectivity index (χ4v) is 4.14. The molecule has 0 N–H and O–H groups in total. The molecule has 4 rings (SSSR count). The van der Waals surface area contributed by atoms with Crippen molar-refractivity contribution in [1.29, 1.82) is 0 Å². The Labute approximate surface area is 203 Å². The van der Waals surface area contributed by atoms with Crippen molar-refractivity contribution in [3.05, 3.63) is 107 Å². The van der Waals surface area contributed by atoms with Gasteiger partial charge in [0.1, 0.15) is 5.82 Å². The maximum atomic E-state index is 15.1. The first-order chi connectivity index (χ1) is 17.0. The predicted octanol–water partition coefficient (Wildman–Crippen LogP) is 8.98. The normalized spacial score (nSPS) is 10.9. The van der Waals surface area contributed by atoms with E-state index in [4.69, 9.17) is 0 Å². The third kappa shape index (κ3) is 5.92. The molecule has 0 bridgehead atoms. The van der Waals surface area contributed by atoms with Gasteiger partial charge in [-0.25, -0.2) is 17.6 Å². The van der Waals surface area contributed by atoms with Gasteiger partial charge in [-0.2, -0.15) is 0 Å². The summed E-state index contributed by atoms with van der Waals surface area (Å²) in [6.45, 7) is 2.22. The van der Waals surface area contributed by atoms with Crippen LogP contribution in [0.3, 0.4) is 0 Å². The number of benzene rings is 4. The minimum Gasteiger partial charge on any atom is -0.206 e. The zero-order valence-corrected chi connectivity index (χ0v) is 19.6. The Hall–Kier alpha value is -3.58. The molecule has 0 spiro atoms. The van der Waals surface area contributed by atoms with Gasteiger partial charge in [-0.15, -0.1) is 0 Å². The van der Waals surface area contributed by atoms with Gasteiger partial charge in [0.05, 0.1) is 0 Å². The van der Waals surface area contributed by atoms with Crippen molar-refractivity contribution in [2.75, 3.05) is 0 Å². The van der Waals surface area contributed by atoms with Gasteiger partial charge in [0.25, 0.3) is 0 Å². The van der Waals surface area contributed by atoms with Crippen molar-refractivity contribution in [3.63, 3.8) is 0 Å². The molecule has 0 saturated carbocycles. The molecule has 4 aromatic rings. The average molecular weight is 475 g/mol. The van der Waals surface area contributed by atoms with Gasteiger partial charge in [0.2, 0.25) is 0 Å². The number of fused-ring (bicyclic) bond motifs is 1. The maximum absolute atomic E-state index is 15.1. The highest BCUT2D eigenvalue weighted by Gasteiger charge is 2.15. The molecule has 0 aliphatic heterocycles. The van der Waals surface area contributed by atoms with Crippen molar-refractivity contribution >= 4 is 10.8 Å². The summed E-state index contributed by atoms with van der Waals surface area (Å²) in [5.41, 5.74) is 2.88. The monoisotopic (exact) mass is 474 g/mol. The molecule has 0 atom stereocenters. The van der Waals surface area contributed by atoms with E-state index in [0.717, 1.165) is 29.7 Å². The molecule has 0 radical (unpaired) electrons. The predicted molar refractivity (Wildman–Crippen MR) is 134 cm³/mol. The third-order valence-corrected chi connectivity index (χ3v) is 6.12. The van der Waals surface area contributed by atoms with Crippen LogP contribution in [0.4, 0.5) is 17.6 Å². The summed E-state index contributed by atoms with van der Waals surface area (Å²) in [6.07, 6.45) is 7.38. The number of hydrogen-bond acceptors (Lipinski definition) is 0. The summed E-state index contributed by atoms with van der Waals surface area (Å²) in [7, 11) is 0. The Morgan fingerprint density at radius 3 is 2.00 bits per heavy atom. The molecular weight excluding hydrogens is 448 g/mol. The van der Waals surface area contributed by atoms with Crippen LogP contribution in [0.1, 0.15) is 55.7 Å². The molecule has 0 heterocycles. The second-order valence-electron chi connectivity index (χ2n) is 8.73. The molecular formula is C31H26F4. The van der Waals surface area contributed by atoms with E-state index in [2.05, 4.69) is 30.9 Å². The van der Waals surface area contributed by atoms with Crippen LogP contribution >= 0.6 is 0 Å². The minimum atomic E-state index is -1.57. The molecule has 35 heavy (non-hydrogen) atoms. The molecule has 0 saturated heterocycles. The van der Waals surface area contributed by atoms with E-state index >= 15 is 4.39 Å². The maximum Gasteiger partial charge on any atom is 0.194 e. The van der Waals surface area contributed by atoms with Crippen molar-refractivity contribution in [3.8, 4) is 23.0 Å². The summed E-state index contributed by atoms with van der Waals surface area (Å²) in [6, 6.07) is 18.0. The van der Waals surface area contributed by atoms with Gasteiger partial charge in [-0.1, -0.05) is 74.8 Å². The molecule has 178 valence electrons. The molecule has 0 unspecified atom stereocenters. The van der Waals surface area contributed by atoms with Crippen LogP contribution in [0.2, 0.25) is 0 Å². The van der Waals surface area contributed by atoms with Gasteiger partial charge in [-0.05, 0) is 65.8 Å². The van der Waals surface area contributed by atoms with Crippen LogP contribution in [0, 0.1) is 35.1 Å². The first-order valence-corrected chi connectivity index (χ1v) is 11.9. The fourth-order valence-electron chi connectivity index (χ4n) is 4.14. The Kier molecular flexibility index (Phi) is 7.87. The molecule has 4 heteroatoms. The van der Waals surface area contributed by atoms with Crippen LogP contribution in [0.25, 0.3) is 21.9 Å². The van der Waals surface area contributed by atoms with Gasteiger partial charge >= 0.3 is 0 Å². The number of aryl methyl sites for hydroxylation is 1. The average Bonchev–Trinajstić information content (AvgIpc) is 2.86. The van der Waals surface area contributed by atoms with E-state index in [1.54, 1.807) is 24.3 Å². The smallest absolute Gasteiger partial charge is 0.194 e. The van der Waals surface area contributed by atoms with Gasteiger partial charge in [-0.3, -0.25) is 0 Å². The molecule has 0 nitrogen and oxygen atoms in total. The van der Waals surface area contributed by atoms with Crippen molar-refractivity contribution in [2.45, 2.75) is 45.4 Å². The molecule has 0 fully saturated rings. The number of unbranched alkanes of at least 4 members (excludes halogenated alkanes) is 4. The first-order valence-electron chi connectivity index (χ1n) is 11.9. The summed E-state index contributed by atoms with van der Waals surface area (Å²) in [5.74, 6) is 1.34. The standard InChI is InChI=1S/C31H26F4/c1-2-3-4-5-6-7-21-8-10-22(11-9-21)12-13-23-14-16-26-24(18-23)15-17-27(30(26)34)25-19-28(32)31(35)29(33)20-25/h8-11,14-20H,2-7H2,1H3. The van der Waals surface area contributed by atoms with Gasteiger partial charge < -0.3 is 0 Å². The SMILES string of the molecule is CCCCCCCc1ccc(C#Cc2ccc3c(F)c(-c4cc(F)c(F)c(F)c4)ccc3c2)cc1. The number of hydrogen-bond donors (Lipinski definition) is 0. The van der Waals surface area contributed by atoms with Crippen molar-refractivity contribution in [1.82, 2.24) is 0 Å². The van der Waals surface area contributed by atoms with E-state index in [-0.39, 0.29) is 11.1 Å². The van der Waals surface area contributed by atoms with Gasteiger partial charge in [0.15, 0.2) is 17.5 Å². The zero-order valence-electron chi connectivity index (χ0n) is 19.6. The van der Waals surface area contributed by atoms with Crippen LogP contribution in [0.15, 0.2) is 66.7 Å². The highest BCUT2D eigenvalue weighted by Crippen LogP contribution is 2.31. The van der Waals surface area contributed by atoms with E-state index in [0.29, 0.717) is 10.8 Å². The molecule has 0 amide bonds. The lowest BCUT2D eigenvalue weighted by Gasteiger charge is -2.08. The lowest BCUT2D eigenvalue weighted by Crippen LogP contribution is -1.94. The fraction of sp³-hybridized carbons (Fsp3) is 0.226. The van der Waals surface area contributed by atoms with Crippen LogP contribution in [0.5, 0.6) is 0 Å². The lowest BCUT2D eigenvalue weighted by molar-refractivity contribution is 0.447. The molecule has 0 aliphatic rings. The second-order valence-corrected chi connectivity index (χ2v) is 8.73. The first kappa shape index (κ1) is 24.5. The largest absolute Gasteiger partial charge is 0.206 e. The Balaban J connectivity index is 1.50. The Morgan fingerprint density at radius 2 is 1.29 bits per heavy atom. The second kappa shape index (κ2) is 11.2. The van der Waals surface area contributed by atoms with Crippen LogP contribution < -0.4 is 0 Å².